The van der Waals surface area contributed by atoms with Gasteiger partial charge < -0.3 is 4.90 Å². The SMILES string of the molecule is CCS(=O)(=O)CC(C)N(C)C(=O)c1cccc(Cl)c1Cl. The average molecular weight is 338 g/mol. The van der Waals surface area contributed by atoms with Crippen LogP contribution < -0.4 is 0 Å². The van der Waals surface area contributed by atoms with E-state index in [0.717, 1.165) is 0 Å². The summed E-state index contributed by atoms with van der Waals surface area (Å²) >= 11 is 11.9. The summed E-state index contributed by atoms with van der Waals surface area (Å²) in [6.45, 7) is 3.27. The Morgan fingerprint density at radius 1 is 1.35 bits per heavy atom. The molecular formula is C13H17Cl2NO3S. The van der Waals surface area contributed by atoms with Gasteiger partial charge in [-0.3, -0.25) is 4.79 Å². The van der Waals surface area contributed by atoms with E-state index in [9.17, 15) is 13.2 Å². The highest BCUT2D eigenvalue weighted by Gasteiger charge is 2.24. The fourth-order valence-corrected chi connectivity index (χ4v) is 3.23. The maximum atomic E-state index is 12.3. The number of nitrogens with zero attached hydrogens (tertiary/aromatic N) is 1. The third-order valence-corrected chi connectivity index (χ3v) is 5.79. The lowest BCUT2D eigenvalue weighted by Gasteiger charge is -2.25. The quantitative estimate of drug-likeness (QED) is 0.830. The molecule has 0 saturated carbocycles. The topological polar surface area (TPSA) is 54.5 Å². The first-order valence-electron chi connectivity index (χ1n) is 6.11. The molecule has 112 valence electrons. The molecule has 1 amide bonds. The Labute approximate surface area is 129 Å². The molecule has 1 aromatic carbocycles. The van der Waals surface area contributed by atoms with E-state index in [-0.39, 0.29) is 28.0 Å². The van der Waals surface area contributed by atoms with Crippen molar-refractivity contribution in [3.8, 4) is 0 Å². The summed E-state index contributed by atoms with van der Waals surface area (Å²) in [6.07, 6.45) is 0. The number of carbonyl (C=O) groups excluding carboxylic acids is 1. The van der Waals surface area contributed by atoms with E-state index in [2.05, 4.69) is 0 Å². The second-order valence-electron chi connectivity index (χ2n) is 4.57. The van der Waals surface area contributed by atoms with Crippen LogP contribution >= 0.6 is 23.2 Å². The molecule has 7 heteroatoms. The second-order valence-corrected chi connectivity index (χ2v) is 7.75. The van der Waals surface area contributed by atoms with Gasteiger partial charge in [0.25, 0.3) is 5.91 Å². The predicted octanol–water partition coefficient (Wildman–Crippen LogP) is 2.89. The molecule has 0 aromatic heterocycles. The normalized spacial score (nSPS) is 13.1. The van der Waals surface area contributed by atoms with Gasteiger partial charge in [-0.15, -0.1) is 0 Å². The van der Waals surface area contributed by atoms with Crippen LogP contribution in [0.4, 0.5) is 0 Å². The van der Waals surface area contributed by atoms with Crippen molar-refractivity contribution in [1.82, 2.24) is 4.90 Å². The number of carbonyl (C=O) groups is 1. The number of sulfone groups is 1. The van der Waals surface area contributed by atoms with Gasteiger partial charge in [-0.1, -0.05) is 36.2 Å². The van der Waals surface area contributed by atoms with Gasteiger partial charge in [0.15, 0.2) is 9.84 Å². The number of halogens is 2. The summed E-state index contributed by atoms with van der Waals surface area (Å²) in [4.78, 5) is 13.7. The maximum Gasteiger partial charge on any atom is 0.255 e. The molecule has 0 saturated heterocycles. The number of hydrogen-bond acceptors (Lipinski definition) is 3. The van der Waals surface area contributed by atoms with E-state index in [1.807, 2.05) is 0 Å². The summed E-state index contributed by atoms with van der Waals surface area (Å²) in [7, 11) is -1.60. The van der Waals surface area contributed by atoms with Gasteiger partial charge in [-0.2, -0.15) is 0 Å². The van der Waals surface area contributed by atoms with Crippen molar-refractivity contribution in [3.63, 3.8) is 0 Å². The largest absolute Gasteiger partial charge is 0.338 e. The molecule has 1 unspecified atom stereocenters. The van der Waals surface area contributed by atoms with Gasteiger partial charge in [0.1, 0.15) is 0 Å². The zero-order valence-electron chi connectivity index (χ0n) is 11.6. The molecule has 0 spiro atoms. The molecule has 4 nitrogen and oxygen atoms in total. The van der Waals surface area contributed by atoms with E-state index in [1.54, 1.807) is 39.1 Å². The Morgan fingerprint density at radius 3 is 2.50 bits per heavy atom. The molecule has 0 aliphatic heterocycles. The number of amides is 1. The smallest absolute Gasteiger partial charge is 0.255 e. The highest BCUT2D eigenvalue weighted by molar-refractivity contribution is 7.91. The molecule has 0 N–H and O–H groups in total. The zero-order chi connectivity index (χ0) is 15.5. The highest BCUT2D eigenvalue weighted by atomic mass is 35.5. The third kappa shape index (κ3) is 4.11. The van der Waals surface area contributed by atoms with Crippen LogP contribution in [-0.2, 0) is 9.84 Å². The first kappa shape index (κ1) is 17.3. The van der Waals surface area contributed by atoms with E-state index in [4.69, 9.17) is 23.2 Å². The molecule has 0 bridgehead atoms. The van der Waals surface area contributed by atoms with Crippen LogP contribution in [0, 0.1) is 0 Å². The Morgan fingerprint density at radius 2 is 1.95 bits per heavy atom. The van der Waals surface area contributed by atoms with Crippen LogP contribution in [0.5, 0.6) is 0 Å². The van der Waals surface area contributed by atoms with Gasteiger partial charge in [-0.05, 0) is 19.1 Å². The molecule has 1 atom stereocenters. The monoisotopic (exact) mass is 337 g/mol. The third-order valence-electron chi connectivity index (χ3n) is 3.10. The average Bonchev–Trinajstić information content (AvgIpc) is 2.39. The molecule has 0 heterocycles. The lowest BCUT2D eigenvalue weighted by atomic mass is 10.2. The summed E-state index contributed by atoms with van der Waals surface area (Å²) in [5.41, 5.74) is 0.266. The van der Waals surface area contributed by atoms with Gasteiger partial charge in [0, 0.05) is 18.8 Å². The Hall–Kier alpha value is -0.780. The van der Waals surface area contributed by atoms with Crippen LogP contribution in [0.15, 0.2) is 18.2 Å². The van der Waals surface area contributed by atoms with Gasteiger partial charge in [0.2, 0.25) is 0 Å². The summed E-state index contributed by atoms with van der Waals surface area (Å²) in [5.74, 6) is -0.377. The molecule has 0 aliphatic rings. The Kier molecular flexibility index (Phi) is 5.86. The standard InChI is InChI=1S/C13H17Cl2NO3S/c1-4-20(18,19)8-9(2)16(3)13(17)10-6-5-7-11(14)12(10)15/h5-7,9H,4,8H2,1-3H3. The molecule has 0 radical (unpaired) electrons. The minimum absolute atomic E-state index is 0.0529. The Bertz CT molecular complexity index is 602. The maximum absolute atomic E-state index is 12.3. The zero-order valence-corrected chi connectivity index (χ0v) is 13.9. The van der Waals surface area contributed by atoms with Crippen molar-refractivity contribution in [2.75, 3.05) is 18.6 Å². The van der Waals surface area contributed by atoms with Crippen LogP contribution in [0.3, 0.4) is 0 Å². The summed E-state index contributed by atoms with van der Waals surface area (Å²) < 4.78 is 23.2. The van der Waals surface area contributed by atoms with Crippen molar-refractivity contribution in [3.05, 3.63) is 33.8 Å². The van der Waals surface area contributed by atoms with Crippen LogP contribution in [0.25, 0.3) is 0 Å². The van der Waals surface area contributed by atoms with Crippen molar-refractivity contribution in [1.29, 1.82) is 0 Å². The van der Waals surface area contributed by atoms with Crippen LogP contribution in [0.1, 0.15) is 24.2 Å². The summed E-state index contributed by atoms with van der Waals surface area (Å²) in [5, 5.41) is 0.469. The molecule has 0 aliphatic carbocycles. The fraction of sp³-hybridized carbons (Fsp3) is 0.462. The van der Waals surface area contributed by atoms with Crippen molar-refractivity contribution < 1.29 is 13.2 Å². The first-order valence-corrected chi connectivity index (χ1v) is 8.69. The minimum atomic E-state index is -3.15. The fourth-order valence-electron chi connectivity index (χ4n) is 1.66. The van der Waals surface area contributed by atoms with Gasteiger partial charge >= 0.3 is 0 Å². The number of hydrogen-bond donors (Lipinski definition) is 0. The van der Waals surface area contributed by atoms with Crippen molar-refractivity contribution >= 4 is 38.9 Å². The van der Waals surface area contributed by atoms with E-state index in [1.165, 1.54) is 4.90 Å². The molecule has 1 aromatic rings. The van der Waals surface area contributed by atoms with Crippen LogP contribution in [-0.4, -0.2) is 43.8 Å². The minimum Gasteiger partial charge on any atom is -0.338 e. The first-order chi connectivity index (χ1) is 9.19. The molecule has 1 rings (SSSR count). The van der Waals surface area contributed by atoms with Gasteiger partial charge in [0.05, 0.1) is 21.4 Å². The summed E-state index contributed by atoms with van der Waals surface area (Å²) in [6, 6.07) is 4.34. The van der Waals surface area contributed by atoms with Crippen LogP contribution in [0.2, 0.25) is 10.0 Å². The van der Waals surface area contributed by atoms with E-state index >= 15 is 0 Å². The van der Waals surface area contributed by atoms with Gasteiger partial charge in [-0.25, -0.2) is 8.42 Å². The lowest BCUT2D eigenvalue weighted by Crippen LogP contribution is -2.39. The van der Waals surface area contributed by atoms with E-state index < -0.39 is 15.9 Å². The second kappa shape index (κ2) is 6.78. The molecular weight excluding hydrogens is 321 g/mol. The van der Waals surface area contributed by atoms with Crippen molar-refractivity contribution in [2.24, 2.45) is 0 Å². The molecule has 20 heavy (non-hydrogen) atoms. The predicted molar refractivity (Wildman–Crippen MR) is 82.3 cm³/mol. The van der Waals surface area contributed by atoms with E-state index in [0.29, 0.717) is 5.02 Å². The molecule has 0 fully saturated rings. The number of benzene rings is 1. The Balaban J connectivity index is 2.94. The lowest BCUT2D eigenvalue weighted by molar-refractivity contribution is 0.0757. The van der Waals surface area contributed by atoms with Crippen molar-refractivity contribution in [2.45, 2.75) is 19.9 Å². The number of rotatable bonds is 5. The highest BCUT2D eigenvalue weighted by Crippen LogP contribution is 2.26.